The monoisotopic (exact) mass is 414 g/mol. The van der Waals surface area contributed by atoms with Gasteiger partial charge in [0.05, 0.1) is 16.8 Å². The minimum atomic E-state index is 0.0258. The van der Waals surface area contributed by atoms with Crippen LogP contribution < -0.4 is 5.32 Å². The first-order valence-corrected chi connectivity index (χ1v) is 11.8. The van der Waals surface area contributed by atoms with Gasteiger partial charge in [0, 0.05) is 18.6 Å². The summed E-state index contributed by atoms with van der Waals surface area (Å²) in [5.74, 6) is 0.548. The highest BCUT2D eigenvalue weighted by Gasteiger charge is 2.24. The van der Waals surface area contributed by atoms with Gasteiger partial charge in [-0.2, -0.15) is 0 Å². The molecule has 2 fully saturated rings. The van der Waals surface area contributed by atoms with Crippen LogP contribution >= 0.6 is 11.8 Å². The SMILES string of the molecule is CC1CCCCN1C(=O)CSc1nc2ccccc2n1CC(=O)NC1CCCC1. The molecule has 1 unspecified atom stereocenters. The van der Waals surface area contributed by atoms with Crippen molar-refractivity contribution in [2.45, 2.75) is 75.7 Å². The number of para-hydroxylation sites is 2. The van der Waals surface area contributed by atoms with E-state index in [4.69, 9.17) is 4.98 Å². The first-order chi connectivity index (χ1) is 14.1. The zero-order valence-electron chi connectivity index (χ0n) is 17.1. The Morgan fingerprint density at radius 1 is 1.14 bits per heavy atom. The summed E-state index contributed by atoms with van der Waals surface area (Å²) in [6, 6.07) is 8.48. The van der Waals surface area contributed by atoms with Crippen molar-refractivity contribution in [3.8, 4) is 0 Å². The van der Waals surface area contributed by atoms with Gasteiger partial charge in [-0.3, -0.25) is 9.59 Å². The first-order valence-electron chi connectivity index (χ1n) is 10.8. The number of fused-ring (bicyclic) bond motifs is 1. The second-order valence-electron chi connectivity index (χ2n) is 8.24. The molecule has 2 heterocycles. The van der Waals surface area contributed by atoms with Crippen LogP contribution in [0.2, 0.25) is 0 Å². The van der Waals surface area contributed by atoms with Crippen molar-refractivity contribution in [1.82, 2.24) is 19.8 Å². The van der Waals surface area contributed by atoms with Crippen LogP contribution in [0.5, 0.6) is 0 Å². The highest BCUT2D eigenvalue weighted by Crippen LogP contribution is 2.26. The number of nitrogens with one attached hydrogen (secondary N) is 1. The number of hydrogen-bond acceptors (Lipinski definition) is 4. The van der Waals surface area contributed by atoms with Crippen molar-refractivity contribution >= 4 is 34.6 Å². The Kier molecular flexibility index (Phi) is 6.43. The molecule has 4 rings (SSSR count). The third-order valence-corrected chi connectivity index (χ3v) is 7.05. The molecule has 1 N–H and O–H groups in total. The van der Waals surface area contributed by atoms with Crippen molar-refractivity contribution in [3.63, 3.8) is 0 Å². The average Bonchev–Trinajstić information content (AvgIpc) is 3.34. The Bertz CT molecular complexity index is 875. The zero-order chi connectivity index (χ0) is 20.2. The lowest BCUT2D eigenvalue weighted by Gasteiger charge is -2.33. The summed E-state index contributed by atoms with van der Waals surface area (Å²) in [6.07, 6.45) is 7.89. The van der Waals surface area contributed by atoms with E-state index in [2.05, 4.69) is 12.2 Å². The maximum absolute atomic E-state index is 12.7. The molecule has 29 heavy (non-hydrogen) atoms. The first kappa shape index (κ1) is 20.3. The summed E-state index contributed by atoms with van der Waals surface area (Å²) < 4.78 is 1.96. The van der Waals surface area contributed by atoms with E-state index in [0.29, 0.717) is 17.8 Å². The lowest BCUT2D eigenvalue weighted by molar-refractivity contribution is -0.131. The van der Waals surface area contributed by atoms with Crippen LogP contribution in [0.4, 0.5) is 0 Å². The smallest absolute Gasteiger partial charge is 0.240 e. The summed E-state index contributed by atoms with van der Waals surface area (Å²) >= 11 is 1.44. The highest BCUT2D eigenvalue weighted by atomic mass is 32.2. The molecule has 6 nitrogen and oxygen atoms in total. The van der Waals surface area contributed by atoms with E-state index < -0.39 is 0 Å². The van der Waals surface area contributed by atoms with E-state index in [1.807, 2.05) is 33.7 Å². The fraction of sp³-hybridized carbons (Fsp3) is 0.591. The summed E-state index contributed by atoms with van der Waals surface area (Å²) in [7, 11) is 0. The van der Waals surface area contributed by atoms with Gasteiger partial charge in [-0.25, -0.2) is 4.98 Å². The van der Waals surface area contributed by atoms with Crippen molar-refractivity contribution in [3.05, 3.63) is 24.3 Å². The number of likely N-dealkylation sites (tertiary alicyclic amines) is 1. The minimum Gasteiger partial charge on any atom is -0.352 e. The lowest BCUT2D eigenvalue weighted by Crippen LogP contribution is -2.43. The number of imidazole rings is 1. The van der Waals surface area contributed by atoms with Crippen molar-refractivity contribution in [1.29, 1.82) is 0 Å². The van der Waals surface area contributed by atoms with Crippen LogP contribution in [0.3, 0.4) is 0 Å². The molecule has 1 aromatic heterocycles. The fourth-order valence-corrected chi connectivity index (χ4v) is 5.38. The molecule has 1 aromatic carbocycles. The van der Waals surface area contributed by atoms with Crippen molar-refractivity contribution in [2.24, 2.45) is 0 Å². The second-order valence-corrected chi connectivity index (χ2v) is 9.18. The molecule has 2 aromatic rings. The largest absolute Gasteiger partial charge is 0.352 e. The standard InChI is InChI=1S/C22H30N4O2S/c1-16-8-6-7-13-25(16)21(28)15-29-22-24-18-11-4-5-12-19(18)26(22)14-20(27)23-17-9-2-3-10-17/h4-5,11-12,16-17H,2-3,6-10,13-15H2,1H3,(H,23,27). The Hall–Kier alpha value is -2.02. The van der Waals surface area contributed by atoms with Gasteiger partial charge in [0.1, 0.15) is 6.54 Å². The predicted molar refractivity (Wildman–Crippen MR) is 116 cm³/mol. The maximum atomic E-state index is 12.7. The molecule has 1 saturated carbocycles. The van der Waals surface area contributed by atoms with Crippen LogP contribution in [-0.2, 0) is 16.1 Å². The molecule has 7 heteroatoms. The summed E-state index contributed by atoms with van der Waals surface area (Å²) in [4.78, 5) is 32.1. The van der Waals surface area contributed by atoms with E-state index in [1.165, 1.54) is 31.0 Å². The van der Waals surface area contributed by atoms with Gasteiger partial charge in [-0.15, -0.1) is 0 Å². The van der Waals surface area contributed by atoms with E-state index >= 15 is 0 Å². The molecule has 1 atom stereocenters. The number of aromatic nitrogens is 2. The number of carbonyl (C=O) groups is 2. The zero-order valence-corrected chi connectivity index (χ0v) is 17.9. The Morgan fingerprint density at radius 3 is 2.69 bits per heavy atom. The third-order valence-electron chi connectivity index (χ3n) is 6.09. The molecule has 2 aliphatic rings. The van der Waals surface area contributed by atoms with E-state index in [-0.39, 0.29) is 18.4 Å². The van der Waals surface area contributed by atoms with Crippen LogP contribution in [0.25, 0.3) is 11.0 Å². The summed E-state index contributed by atoms with van der Waals surface area (Å²) in [5.41, 5.74) is 1.80. The Morgan fingerprint density at radius 2 is 1.90 bits per heavy atom. The molecular formula is C22H30N4O2S. The number of carbonyl (C=O) groups excluding carboxylic acids is 2. The average molecular weight is 415 g/mol. The quantitative estimate of drug-likeness (QED) is 0.734. The fourth-order valence-electron chi connectivity index (χ4n) is 4.48. The molecule has 1 aliphatic heterocycles. The molecule has 1 saturated heterocycles. The molecule has 0 bridgehead atoms. The third kappa shape index (κ3) is 4.77. The van der Waals surface area contributed by atoms with Gasteiger partial charge in [-0.1, -0.05) is 36.7 Å². The van der Waals surface area contributed by atoms with Crippen LogP contribution in [0, 0.1) is 0 Å². The van der Waals surface area contributed by atoms with Crippen molar-refractivity contribution < 1.29 is 9.59 Å². The van der Waals surface area contributed by atoms with Gasteiger partial charge in [0.2, 0.25) is 11.8 Å². The summed E-state index contributed by atoms with van der Waals surface area (Å²) in [6.45, 7) is 3.22. The molecule has 0 spiro atoms. The van der Waals surface area contributed by atoms with Gasteiger partial charge in [0.15, 0.2) is 5.16 Å². The number of amides is 2. The number of hydrogen-bond donors (Lipinski definition) is 1. The van der Waals surface area contributed by atoms with Gasteiger partial charge < -0.3 is 14.8 Å². The van der Waals surface area contributed by atoms with E-state index in [0.717, 1.165) is 48.4 Å². The number of nitrogens with zero attached hydrogens (tertiary/aromatic N) is 3. The van der Waals surface area contributed by atoms with Crippen molar-refractivity contribution in [2.75, 3.05) is 12.3 Å². The Balaban J connectivity index is 1.47. The summed E-state index contributed by atoms with van der Waals surface area (Å²) in [5, 5.41) is 3.90. The normalized spacial score (nSPS) is 20.3. The van der Waals surface area contributed by atoms with Crippen LogP contribution in [0.15, 0.2) is 29.4 Å². The van der Waals surface area contributed by atoms with Crippen LogP contribution in [0.1, 0.15) is 51.9 Å². The lowest BCUT2D eigenvalue weighted by atomic mass is 10.0. The number of benzene rings is 1. The Labute approximate surface area is 176 Å². The highest BCUT2D eigenvalue weighted by molar-refractivity contribution is 7.99. The van der Waals surface area contributed by atoms with Gasteiger partial charge in [-0.05, 0) is 51.2 Å². The van der Waals surface area contributed by atoms with Gasteiger partial charge in [0.25, 0.3) is 0 Å². The molecule has 0 radical (unpaired) electrons. The van der Waals surface area contributed by atoms with E-state index in [1.54, 1.807) is 0 Å². The number of piperidine rings is 1. The molecular weight excluding hydrogens is 384 g/mol. The van der Waals surface area contributed by atoms with Gasteiger partial charge >= 0.3 is 0 Å². The van der Waals surface area contributed by atoms with Crippen LogP contribution in [-0.4, -0.2) is 50.6 Å². The number of rotatable bonds is 6. The predicted octanol–water partition coefficient (Wildman–Crippen LogP) is 3.59. The molecule has 1 aliphatic carbocycles. The second kappa shape index (κ2) is 9.20. The van der Waals surface area contributed by atoms with E-state index in [9.17, 15) is 9.59 Å². The number of thioether (sulfide) groups is 1. The maximum Gasteiger partial charge on any atom is 0.240 e. The molecule has 2 amide bonds. The topological polar surface area (TPSA) is 67.2 Å². The minimum absolute atomic E-state index is 0.0258. The molecule has 156 valence electrons.